The molecule has 1 aromatic heterocycles. The zero-order valence-corrected chi connectivity index (χ0v) is 16.9. The molecule has 0 aliphatic carbocycles. The van der Waals surface area contributed by atoms with E-state index in [0.29, 0.717) is 44.5 Å². The number of hydrogen-bond acceptors (Lipinski definition) is 6. The van der Waals surface area contributed by atoms with Crippen molar-refractivity contribution in [2.24, 2.45) is 5.92 Å². The summed E-state index contributed by atoms with van der Waals surface area (Å²) in [6.07, 6.45) is 5.16. The normalized spacial score (nSPS) is 20.5. The molecule has 28 heavy (non-hydrogen) atoms. The van der Waals surface area contributed by atoms with Gasteiger partial charge in [-0.3, -0.25) is 9.48 Å². The van der Waals surface area contributed by atoms with E-state index in [2.05, 4.69) is 24.2 Å². The summed E-state index contributed by atoms with van der Waals surface area (Å²) in [5, 5.41) is 8.14. The zero-order valence-electron chi connectivity index (χ0n) is 16.9. The molecule has 2 aliphatic heterocycles. The van der Waals surface area contributed by atoms with Gasteiger partial charge in [0.25, 0.3) is 5.91 Å². The molecule has 2 saturated heterocycles. The van der Waals surface area contributed by atoms with E-state index < -0.39 is 0 Å². The lowest BCUT2D eigenvalue weighted by atomic mass is 10.0. The summed E-state index contributed by atoms with van der Waals surface area (Å²) < 4.78 is 12.5. The average molecular weight is 393 g/mol. The van der Waals surface area contributed by atoms with Gasteiger partial charge in [0.15, 0.2) is 5.69 Å². The topological polar surface area (TPSA) is 89.8 Å². The lowest BCUT2D eigenvalue weighted by Crippen LogP contribution is -2.48. The number of amides is 2. The lowest BCUT2D eigenvalue weighted by molar-refractivity contribution is 0.0129. The van der Waals surface area contributed by atoms with Crippen molar-refractivity contribution in [1.29, 1.82) is 0 Å². The van der Waals surface area contributed by atoms with Crippen LogP contribution in [0.4, 0.5) is 4.79 Å². The number of ether oxygens (including phenoxy) is 2. The number of rotatable bonds is 6. The van der Waals surface area contributed by atoms with Gasteiger partial charge >= 0.3 is 6.09 Å². The Morgan fingerprint density at radius 3 is 2.79 bits per heavy atom. The molecule has 0 radical (unpaired) electrons. The summed E-state index contributed by atoms with van der Waals surface area (Å²) in [7, 11) is 0. The second-order valence-electron chi connectivity index (χ2n) is 7.87. The Hall–Kier alpha value is -2.16. The average Bonchev–Trinajstić information content (AvgIpc) is 3.20. The van der Waals surface area contributed by atoms with E-state index in [1.165, 1.54) is 0 Å². The summed E-state index contributed by atoms with van der Waals surface area (Å²) >= 11 is 0. The number of aryl methyl sites for hydroxylation is 1. The van der Waals surface area contributed by atoms with Gasteiger partial charge in [-0.2, -0.15) is 0 Å². The molecule has 9 heteroatoms. The van der Waals surface area contributed by atoms with Gasteiger partial charge in [-0.25, -0.2) is 4.79 Å². The first-order valence-electron chi connectivity index (χ1n) is 10.2. The molecule has 1 atom stereocenters. The first-order chi connectivity index (χ1) is 13.5. The molecule has 0 aromatic carbocycles. The van der Waals surface area contributed by atoms with E-state index >= 15 is 0 Å². The largest absolute Gasteiger partial charge is 0.447 e. The third-order valence-corrected chi connectivity index (χ3v) is 5.25. The SMILES string of the molecule is CC(C)CCn1cc(C(=O)N2CCCCC2COC(=O)N2CCOCC2)nn1. The first kappa shape index (κ1) is 20.6. The Morgan fingerprint density at radius 2 is 2.04 bits per heavy atom. The standard InChI is InChI=1S/C19H31N5O4/c1-15(2)6-8-23-13-17(20-21-23)18(25)24-7-4-3-5-16(24)14-28-19(26)22-9-11-27-12-10-22/h13,15-16H,3-12,14H2,1-2H3. The van der Waals surface area contributed by atoms with Gasteiger partial charge in [0.1, 0.15) is 6.61 Å². The van der Waals surface area contributed by atoms with E-state index in [0.717, 1.165) is 32.2 Å². The predicted octanol–water partition coefficient (Wildman–Crippen LogP) is 1.79. The van der Waals surface area contributed by atoms with E-state index in [4.69, 9.17) is 9.47 Å². The smallest absolute Gasteiger partial charge is 0.409 e. The van der Waals surface area contributed by atoms with Crippen molar-refractivity contribution in [3.8, 4) is 0 Å². The van der Waals surface area contributed by atoms with Crippen molar-refractivity contribution in [2.45, 2.75) is 52.1 Å². The molecule has 9 nitrogen and oxygen atoms in total. The van der Waals surface area contributed by atoms with Crippen LogP contribution < -0.4 is 0 Å². The molecule has 3 rings (SSSR count). The van der Waals surface area contributed by atoms with E-state index in [1.54, 1.807) is 20.7 Å². The lowest BCUT2D eigenvalue weighted by Gasteiger charge is -2.35. The Morgan fingerprint density at radius 1 is 1.25 bits per heavy atom. The fourth-order valence-corrected chi connectivity index (χ4v) is 3.49. The summed E-state index contributed by atoms with van der Waals surface area (Å²) in [5.74, 6) is 0.430. The Balaban J connectivity index is 1.56. The molecule has 0 spiro atoms. The van der Waals surface area contributed by atoms with E-state index in [-0.39, 0.29) is 24.6 Å². The zero-order chi connectivity index (χ0) is 19.9. The van der Waals surface area contributed by atoms with Crippen molar-refractivity contribution in [3.05, 3.63) is 11.9 Å². The molecular formula is C19H31N5O4. The molecule has 156 valence electrons. The molecule has 2 fully saturated rings. The van der Waals surface area contributed by atoms with Gasteiger partial charge < -0.3 is 19.3 Å². The summed E-state index contributed by atoms with van der Waals surface area (Å²) in [5.41, 5.74) is 0.357. The first-order valence-corrected chi connectivity index (χ1v) is 10.2. The minimum atomic E-state index is -0.332. The monoisotopic (exact) mass is 393 g/mol. The number of carbonyl (C=O) groups is 2. The number of aromatic nitrogens is 3. The van der Waals surface area contributed by atoms with Crippen molar-refractivity contribution in [3.63, 3.8) is 0 Å². The van der Waals surface area contributed by atoms with Crippen LogP contribution in [0.2, 0.25) is 0 Å². The number of nitrogens with zero attached hydrogens (tertiary/aromatic N) is 5. The van der Waals surface area contributed by atoms with Crippen LogP contribution in [0.5, 0.6) is 0 Å². The third kappa shape index (κ3) is 5.43. The second-order valence-corrected chi connectivity index (χ2v) is 7.87. The number of likely N-dealkylation sites (tertiary alicyclic amines) is 1. The molecular weight excluding hydrogens is 362 g/mol. The highest BCUT2D eigenvalue weighted by molar-refractivity contribution is 5.92. The summed E-state index contributed by atoms with van der Waals surface area (Å²) in [6.45, 7) is 8.08. The highest BCUT2D eigenvalue weighted by Crippen LogP contribution is 2.20. The highest BCUT2D eigenvalue weighted by atomic mass is 16.6. The van der Waals surface area contributed by atoms with Crippen LogP contribution in [0.25, 0.3) is 0 Å². The molecule has 1 aromatic rings. The van der Waals surface area contributed by atoms with Gasteiger partial charge in [0, 0.05) is 26.2 Å². The van der Waals surface area contributed by atoms with Crippen LogP contribution in [0.15, 0.2) is 6.20 Å². The van der Waals surface area contributed by atoms with Crippen LogP contribution in [-0.2, 0) is 16.0 Å². The van der Waals surface area contributed by atoms with Crippen molar-refractivity contribution in [1.82, 2.24) is 24.8 Å². The van der Waals surface area contributed by atoms with Crippen molar-refractivity contribution >= 4 is 12.0 Å². The molecule has 3 heterocycles. The quantitative estimate of drug-likeness (QED) is 0.732. The maximum absolute atomic E-state index is 13.0. The van der Waals surface area contributed by atoms with E-state index in [9.17, 15) is 9.59 Å². The molecule has 0 bridgehead atoms. The fourth-order valence-electron chi connectivity index (χ4n) is 3.49. The van der Waals surface area contributed by atoms with Gasteiger partial charge in [0.2, 0.25) is 0 Å². The maximum Gasteiger partial charge on any atom is 0.409 e. The molecule has 1 unspecified atom stereocenters. The number of morpholine rings is 1. The van der Waals surface area contributed by atoms with Crippen LogP contribution in [0, 0.1) is 5.92 Å². The summed E-state index contributed by atoms with van der Waals surface area (Å²) in [4.78, 5) is 28.6. The Kier molecular flexibility index (Phi) is 7.24. The fraction of sp³-hybridized carbons (Fsp3) is 0.789. The number of carbonyl (C=O) groups excluding carboxylic acids is 2. The van der Waals surface area contributed by atoms with Crippen LogP contribution in [-0.4, -0.2) is 82.3 Å². The van der Waals surface area contributed by atoms with Crippen LogP contribution >= 0.6 is 0 Å². The van der Waals surface area contributed by atoms with Crippen molar-refractivity contribution < 1.29 is 19.1 Å². The minimum Gasteiger partial charge on any atom is -0.447 e. The van der Waals surface area contributed by atoms with Gasteiger partial charge in [-0.15, -0.1) is 5.10 Å². The Bertz CT molecular complexity index is 657. The van der Waals surface area contributed by atoms with Gasteiger partial charge in [-0.1, -0.05) is 19.1 Å². The molecule has 2 amide bonds. The number of hydrogen-bond donors (Lipinski definition) is 0. The minimum absolute atomic E-state index is 0.118. The summed E-state index contributed by atoms with van der Waals surface area (Å²) in [6, 6.07) is -0.118. The van der Waals surface area contributed by atoms with Crippen molar-refractivity contribution in [2.75, 3.05) is 39.5 Å². The van der Waals surface area contributed by atoms with E-state index in [1.807, 2.05) is 0 Å². The maximum atomic E-state index is 13.0. The molecule has 0 N–H and O–H groups in total. The predicted molar refractivity (Wildman–Crippen MR) is 102 cm³/mol. The van der Waals surface area contributed by atoms with Gasteiger partial charge in [-0.05, 0) is 31.6 Å². The van der Waals surface area contributed by atoms with Gasteiger partial charge in [0.05, 0.1) is 25.5 Å². The number of piperidine rings is 1. The third-order valence-electron chi connectivity index (χ3n) is 5.25. The highest BCUT2D eigenvalue weighted by Gasteiger charge is 2.30. The Labute approximate surface area is 165 Å². The second kappa shape index (κ2) is 9.86. The molecule has 0 saturated carbocycles. The van der Waals surface area contributed by atoms with Crippen LogP contribution in [0.3, 0.4) is 0 Å². The van der Waals surface area contributed by atoms with Crippen LogP contribution in [0.1, 0.15) is 50.0 Å². The molecule has 2 aliphatic rings.